The van der Waals surface area contributed by atoms with Crippen LogP contribution in [0.15, 0.2) is 47.4 Å². The predicted molar refractivity (Wildman–Crippen MR) is 105 cm³/mol. The third kappa shape index (κ3) is 4.31. The van der Waals surface area contributed by atoms with E-state index in [-0.39, 0.29) is 16.5 Å². The monoisotopic (exact) mass is 408 g/mol. The first-order chi connectivity index (χ1) is 12.8. The van der Waals surface area contributed by atoms with Crippen LogP contribution in [-0.4, -0.2) is 30.7 Å². The molecule has 0 aromatic heterocycles. The van der Waals surface area contributed by atoms with Crippen LogP contribution in [0.4, 0.5) is 5.69 Å². The first kappa shape index (κ1) is 19.8. The molecule has 3 rings (SSSR count). The smallest absolute Gasteiger partial charge is 0.258 e. The maximum absolute atomic E-state index is 13.2. The van der Waals surface area contributed by atoms with Gasteiger partial charge in [-0.05, 0) is 48.9 Å². The molecule has 1 unspecified atom stereocenters. The minimum atomic E-state index is -3.82. The van der Waals surface area contributed by atoms with Gasteiger partial charge in [-0.3, -0.25) is 10.1 Å². The summed E-state index contributed by atoms with van der Waals surface area (Å²) in [6, 6.07) is 11.5. The average molecular weight is 409 g/mol. The highest BCUT2D eigenvalue weighted by Crippen LogP contribution is 2.32. The Morgan fingerprint density at radius 3 is 2.52 bits per heavy atom. The molecule has 1 aliphatic heterocycles. The molecule has 0 N–H and O–H groups in total. The number of sulfonamides is 1. The van der Waals surface area contributed by atoms with E-state index in [0.29, 0.717) is 23.7 Å². The van der Waals surface area contributed by atoms with Crippen LogP contribution >= 0.6 is 11.6 Å². The van der Waals surface area contributed by atoms with E-state index in [1.54, 1.807) is 6.92 Å². The van der Waals surface area contributed by atoms with Crippen LogP contribution in [-0.2, 0) is 10.0 Å². The SMILES string of the molecule is Cc1ccc([N+](=O)[O-])cc1S(=O)(=O)N1CCCCC(c2ccc(Cl)cc2)C1. The molecule has 0 spiro atoms. The maximum atomic E-state index is 13.2. The lowest BCUT2D eigenvalue weighted by molar-refractivity contribution is -0.385. The van der Waals surface area contributed by atoms with E-state index in [1.165, 1.54) is 16.4 Å². The van der Waals surface area contributed by atoms with Gasteiger partial charge in [0.2, 0.25) is 10.0 Å². The summed E-state index contributed by atoms with van der Waals surface area (Å²) in [5.41, 5.74) is 1.34. The van der Waals surface area contributed by atoms with Crippen LogP contribution in [0.1, 0.15) is 36.3 Å². The van der Waals surface area contributed by atoms with E-state index in [4.69, 9.17) is 11.6 Å². The van der Waals surface area contributed by atoms with Crippen molar-refractivity contribution in [2.24, 2.45) is 0 Å². The van der Waals surface area contributed by atoms with Gasteiger partial charge in [-0.25, -0.2) is 8.42 Å². The van der Waals surface area contributed by atoms with Gasteiger partial charge < -0.3 is 0 Å². The Labute approximate surface area is 164 Å². The zero-order chi connectivity index (χ0) is 19.6. The number of nitro benzene ring substituents is 1. The second-order valence-electron chi connectivity index (χ2n) is 6.81. The van der Waals surface area contributed by atoms with Gasteiger partial charge in [-0.1, -0.05) is 36.2 Å². The van der Waals surface area contributed by atoms with Gasteiger partial charge in [-0.15, -0.1) is 0 Å². The Hall–Kier alpha value is -1.96. The minimum Gasteiger partial charge on any atom is -0.258 e. The number of non-ortho nitro benzene ring substituents is 1. The first-order valence-corrected chi connectivity index (χ1v) is 10.6. The molecular formula is C19H21ClN2O4S. The number of rotatable bonds is 4. The van der Waals surface area contributed by atoms with Crippen molar-refractivity contribution in [1.29, 1.82) is 0 Å². The molecule has 27 heavy (non-hydrogen) atoms. The summed E-state index contributed by atoms with van der Waals surface area (Å²) in [6.07, 6.45) is 2.58. The Morgan fingerprint density at radius 1 is 1.15 bits per heavy atom. The molecule has 0 bridgehead atoms. The van der Waals surface area contributed by atoms with Crippen LogP contribution in [0.3, 0.4) is 0 Å². The summed E-state index contributed by atoms with van der Waals surface area (Å²) in [5.74, 6) is 0.0681. The van der Waals surface area contributed by atoms with Gasteiger partial charge in [-0.2, -0.15) is 4.31 Å². The highest BCUT2D eigenvalue weighted by atomic mass is 35.5. The fourth-order valence-corrected chi connectivity index (χ4v) is 5.35. The number of benzene rings is 2. The van der Waals surface area contributed by atoms with Gasteiger partial charge in [0.1, 0.15) is 0 Å². The summed E-state index contributed by atoms with van der Waals surface area (Å²) < 4.78 is 28.0. The minimum absolute atomic E-state index is 0.00783. The quantitative estimate of drug-likeness (QED) is 0.550. The number of aryl methyl sites for hydroxylation is 1. The predicted octanol–water partition coefficient (Wildman–Crippen LogP) is 4.52. The van der Waals surface area contributed by atoms with E-state index in [9.17, 15) is 18.5 Å². The van der Waals surface area contributed by atoms with Crippen molar-refractivity contribution in [3.05, 3.63) is 68.7 Å². The number of nitrogens with zero attached hydrogens (tertiary/aromatic N) is 2. The molecule has 6 nitrogen and oxygen atoms in total. The van der Waals surface area contributed by atoms with Crippen molar-refractivity contribution in [2.75, 3.05) is 13.1 Å². The molecule has 0 radical (unpaired) electrons. The zero-order valence-electron chi connectivity index (χ0n) is 15.0. The fourth-order valence-electron chi connectivity index (χ4n) is 3.45. The molecule has 1 aliphatic rings. The first-order valence-electron chi connectivity index (χ1n) is 8.79. The molecule has 1 atom stereocenters. The highest BCUT2D eigenvalue weighted by Gasteiger charge is 2.31. The van der Waals surface area contributed by atoms with Gasteiger partial charge in [0.05, 0.1) is 9.82 Å². The van der Waals surface area contributed by atoms with Crippen molar-refractivity contribution in [1.82, 2.24) is 4.31 Å². The summed E-state index contributed by atoms with van der Waals surface area (Å²) in [7, 11) is -3.82. The van der Waals surface area contributed by atoms with Crippen LogP contribution in [0, 0.1) is 17.0 Å². The molecule has 0 aliphatic carbocycles. The zero-order valence-corrected chi connectivity index (χ0v) is 16.5. The standard InChI is InChI=1S/C19H21ClN2O4S/c1-14-5-10-18(22(23)24)12-19(14)27(25,26)21-11-3-2-4-16(13-21)15-6-8-17(20)9-7-15/h5-10,12,16H,2-4,11,13H2,1H3. The van der Waals surface area contributed by atoms with Crippen LogP contribution in [0.5, 0.6) is 0 Å². The van der Waals surface area contributed by atoms with Gasteiger partial charge in [0.25, 0.3) is 5.69 Å². The van der Waals surface area contributed by atoms with Crippen LogP contribution in [0.2, 0.25) is 5.02 Å². The lowest BCUT2D eigenvalue weighted by Gasteiger charge is -2.25. The molecule has 8 heteroatoms. The lowest BCUT2D eigenvalue weighted by atomic mass is 9.95. The summed E-state index contributed by atoms with van der Waals surface area (Å²) in [6.45, 7) is 2.42. The number of hydrogen-bond acceptors (Lipinski definition) is 4. The highest BCUT2D eigenvalue weighted by molar-refractivity contribution is 7.89. The molecule has 2 aromatic carbocycles. The molecule has 2 aromatic rings. The molecular weight excluding hydrogens is 388 g/mol. The Morgan fingerprint density at radius 2 is 1.85 bits per heavy atom. The lowest BCUT2D eigenvalue weighted by Crippen LogP contribution is -2.34. The maximum Gasteiger partial charge on any atom is 0.270 e. The molecule has 144 valence electrons. The van der Waals surface area contributed by atoms with Crippen LogP contribution < -0.4 is 0 Å². The van der Waals surface area contributed by atoms with Gasteiger partial charge >= 0.3 is 0 Å². The molecule has 0 saturated carbocycles. The van der Waals surface area contributed by atoms with Crippen molar-refractivity contribution < 1.29 is 13.3 Å². The van der Waals surface area contributed by atoms with E-state index in [1.807, 2.05) is 24.3 Å². The summed E-state index contributed by atoms with van der Waals surface area (Å²) in [4.78, 5) is 10.5. The summed E-state index contributed by atoms with van der Waals surface area (Å²) in [5, 5.41) is 11.7. The van der Waals surface area contributed by atoms with Gasteiger partial charge in [0.15, 0.2) is 0 Å². The van der Waals surface area contributed by atoms with Crippen molar-refractivity contribution in [3.8, 4) is 0 Å². The van der Waals surface area contributed by atoms with Crippen LogP contribution in [0.25, 0.3) is 0 Å². The number of hydrogen-bond donors (Lipinski definition) is 0. The topological polar surface area (TPSA) is 80.5 Å². The number of halogens is 1. The summed E-state index contributed by atoms with van der Waals surface area (Å²) >= 11 is 5.96. The van der Waals surface area contributed by atoms with E-state index in [2.05, 4.69) is 0 Å². The van der Waals surface area contributed by atoms with E-state index >= 15 is 0 Å². The second kappa shape index (κ2) is 7.96. The van der Waals surface area contributed by atoms with E-state index < -0.39 is 14.9 Å². The Kier molecular flexibility index (Phi) is 5.83. The van der Waals surface area contributed by atoms with E-state index in [0.717, 1.165) is 30.9 Å². The Balaban J connectivity index is 1.94. The van der Waals surface area contributed by atoms with Crippen molar-refractivity contribution >= 4 is 27.3 Å². The third-order valence-electron chi connectivity index (χ3n) is 4.98. The normalized spacial score (nSPS) is 18.8. The number of nitro groups is 1. The average Bonchev–Trinajstić information content (AvgIpc) is 2.89. The third-order valence-corrected chi connectivity index (χ3v) is 7.24. The molecule has 1 fully saturated rings. The largest absolute Gasteiger partial charge is 0.270 e. The second-order valence-corrected chi connectivity index (χ2v) is 9.16. The van der Waals surface area contributed by atoms with Crippen molar-refractivity contribution in [2.45, 2.75) is 37.0 Å². The fraction of sp³-hybridized carbons (Fsp3) is 0.368. The van der Waals surface area contributed by atoms with Gasteiger partial charge in [0, 0.05) is 30.2 Å². The molecule has 1 saturated heterocycles. The van der Waals surface area contributed by atoms with Crippen molar-refractivity contribution in [3.63, 3.8) is 0 Å². The molecule has 0 amide bonds. The Bertz CT molecular complexity index is 945. The molecule has 1 heterocycles.